The molecule has 0 saturated carbocycles. The highest BCUT2D eigenvalue weighted by atomic mass is 19.4. The Morgan fingerprint density at radius 2 is 1.76 bits per heavy atom. The van der Waals surface area contributed by atoms with Gasteiger partial charge in [0.1, 0.15) is 5.82 Å². The molecular weight excluding hydrogens is 286 g/mol. The van der Waals surface area contributed by atoms with Gasteiger partial charge >= 0.3 is 6.18 Å². The van der Waals surface area contributed by atoms with Gasteiger partial charge in [-0.15, -0.1) is 0 Å². The van der Waals surface area contributed by atoms with Crippen LogP contribution < -0.4 is 5.32 Å². The number of benzene rings is 2. The minimum Gasteiger partial charge on any atom is -0.321 e. The molecule has 0 aromatic heterocycles. The highest BCUT2D eigenvalue weighted by Gasteiger charge is 2.33. The predicted octanol–water partition coefficient (Wildman–Crippen LogP) is 4.41. The molecule has 2 aromatic rings. The van der Waals surface area contributed by atoms with Gasteiger partial charge in [0.2, 0.25) is 0 Å². The zero-order valence-electron chi connectivity index (χ0n) is 11.0. The summed E-state index contributed by atoms with van der Waals surface area (Å²) in [6.07, 6.45) is -4.60. The smallest absolute Gasteiger partial charge is 0.321 e. The highest BCUT2D eigenvalue weighted by molar-refractivity contribution is 6.04. The first-order chi connectivity index (χ1) is 9.79. The Labute approximate surface area is 118 Å². The summed E-state index contributed by atoms with van der Waals surface area (Å²) in [6.45, 7) is 1.64. The maximum atomic E-state index is 13.7. The van der Waals surface area contributed by atoms with Crippen molar-refractivity contribution < 1.29 is 22.4 Å². The maximum Gasteiger partial charge on any atom is 0.418 e. The Bertz CT molecular complexity index is 680. The Hall–Kier alpha value is -2.37. The zero-order valence-corrected chi connectivity index (χ0v) is 11.0. The molecule has 21 heavy (non-hydrogen) atoms. The lowest BCUT2D eigenvalue weighted by Crippen LogP contribution is -2.17. The van der Waals surface area contributed by atoms with Crippen LogP contribution in [-0.4, -0.2) is 5.91 Å². The number of rotatable bonds is 2. The van der Waals surface area contributed by atoms with Crippen LogP contribution in [0.1, 0.15) is 21.5 Å². The minimum atomic E-state index is -4.60. The van der Waals surface area contributed by atoms with E-state index >= 15 is 0 Å². The Kier molecular flexibility index (Phi) is 3.97. The van der Waals surface area contributed by atoms with Gasteiger partial charge in [0.05, 0.1) is 16.8 Å². The van der Waals surface area contributed by atoms with E-state index in [0.29, 0.717) is 5.56 Å². The van der Waals surface area contributed by atoms with Gasteiger partial charge in [-0.2, -0.15) is 13.2 Å². The van der Waals surface area contributed by atoms with Crippen molar-refractivity contribution in [2.75, 3.05) is 5.32 Å². The first kappa shape index (κ1) is 15.0. The molecule has 0 atom stereocenters. The molecule has 6 heteroatoms. The number of hydrogen-bond donors (Lipinski definition) is 1. The second-order valence-corrected chi connectivity index (χ2v) is 4.48. The maximum absolute atomic E-state index is 13.7. The number of carbonyl (C=O) groups is 1. The second kappa shape index (κ2) is 5.55. The summed E-state index contributed by atoms with van der Waals surface area (Å²) in [5, 5.41) is 2.09. The monoisotopic (exact) mass is 297 g/mol. The van der Waals surface area contributed by atoms with Gasteiger partial charge in [-0.1, -0.05) is 18.2 Å². The van der Waals surface area contributed by atoms with Gasteiger partial charge in [-0.25, -0.2) is 4.39 Å². The Morgan fingerprint density at radius 3 is 2.38 bits per heavy atom. The van der Waals surface area contributed by atoms with E-state index < -0.39 is 29.2 Å². The van der Waals surface area contributed by atoms with Crippen LogP contribution in [0, 0.1) is 12.7 Å². The molecule has 2 aromatic carbocycles. The van der Waals surface area contributed by atoms with Crippen molar-refractivity contribution in [2.24, 2.45) is 0 Å². The van der Waals surface area contributed by atoms with Crippen molar-refractivity contribution >= 4 is 11.6 Å². The molecule has 0 spiro atoms. The number of hydrogen-bond acceptors (Lipinski definition) is 1. The second-order valence-electron chi connectivity index (χ2n) is 4.48. The number of halogens is 4. The van der Waals surface area contributed by atoms with E-state index in [0.717, 1.165) is 18.2 Å². The topological polar surface area (TPSA) is 29.1 Å². The van der Waals surface area contributed by atoms with E-state index in [4.69, 9.17) is 0 Å². The molecule has 0 fully saturated rings. The SMILES string of the molecule is Cc1ccc(C(=O)Nc2ccccc2C(F)(F)F)c(F)c1. The van der Waals surface area contributed by atoms with E-state index in [1.165, 1.54) is 24.3 Å². The van der Waals surface area contributed by atoms with Crippen LogP contribution in [0.25, 0.3) is 0 Å². The average molecular weight is 297 g/mol. The van der Waals surface area contributed by atoms with Gasteiger partial charge in [0, 0.05) is 0 Å². The third-order valence-electron chi connectivity index (χ3n) is 2.85. The fraction of sp³-hybridized carbons (Fsp3) is 0.133. The van der Waals surface area contributed by atoms with Gasteiger partial charge in [-0.05, 0) is 36.8 Å². The van der Waals surface area contributed by atoms with Crippen LogP contribution in [0.5, 0.6) is 0 Å². The van der Waals surface area contributed by atoms with Crippen LogP contribution in [0.15, 0.2) is 42.5 Å². The summed E-state index contributed by atoms with van der Waals surface area (Å²) in [5.74, 6) is -1.71. The van der Waals surface area contributed by atoms with Gasteiger partial charge in [-0.3, -0.25) is 4.79 Å². The lowest BCUT2D eigenvalue weighted by molar-refractivity contribution is -0.136. The fourth-order valence-electron chi connectivity index (χ4n) is 1.83. The molecule has 1 N–H and O–H groups in total. The van der Waals surface area contributed by atoms with Crippen molar-refractivity contribution in [1.29, 1.82) is 0 Å². The Balaban J connectivity index is 2.32. The lowest BCUT2D eigenvalue weighted by atomic mass is 10.1. The molecule has 1 amide bonds. The number of carbonyl (C=O) groups excluding carboxylic acids is 1. The number of anilines is 1. The molecule has 2 nitrogen and oxygen atoms in total. The molecule has 110 valence electrons. The van der Waals surface area contributed by atoms with Crippen molar-refractivity contribution in [3.05, 3.63) is 65.0 Å². The van der Waals surface area contributed by atoms with Crippen molar-refractivity contribution in [1.82, 2.24) is 0 Å². The third-order valence-corrected chi connectivity index (χ3v) is 2.85. The summed E-state index contributed by atoms with van der Waals surface area (Å²) >= 11 is 0. The third kappa shape index (κ3) is 3.39. The number of nitrogens with one attached hydrogen (secondary N) is 1. The molecule has 0 heterocycles. The summed E-state index contributed by atoms with van der Waals surface area (Å²) in [6, 6.07) is 8.42. The standard InChI is InChI=1S/C15H11F4NO/c1-9-6-7-10(12(16)8-9)14(21)20-13-5-3-2-4-11(13)15(17,18)19/h2-8H,1H3,(H,20,21). The normalized spacial score (nSPS) is 11.3. The largest absolute Gasteiger partial charge is 0.418 e. The first-order valence-corrected chi connectivity index (χ1v) is 6.03. The fourth-order valence-corrected chi connectivity index (χ4v) is 1.83. The minimum absolute atomic E-state index is 0.308. The van der Waals surface area contributed by atoms with Crippen LogP contribution in [0.2, 0.25) is 0 Å². The summed E-state index contributed by atoms with van der Waals surface area (Å²) < 4.78 is 52.1. The van der Waals surface area contributed by atoms with E-state index in [9.17, 15) is 22.4 Å². The first-order valence-electron chi connectivity index (χ1n) is 6.03. The van der Waals surface area contributed by atoms with Crippen molar-refractivity contribution in [3.63, 3.8) is 0 Å². The summed E-state index contributed by atoms with van der Waals surface area (Å²) in [7, 11) is 0. The number of alkyl halides is 3. The quantitative estimate of drug-likeness (QED) is 0.818. The molecule has 0 unspecified atom stereocenters. The molecule has 0 aliphatic heterocycles. The van der Waals surface area contributed by atoms with Crippen LogP contribution in [0.3, 0.4) is 0 Å². The zero-order chi connectivity index (χ0) is 15.6. The molecule has 0 saturated heterocycles. The lowest BCUT2D eigenvalue weighted by Gasteiger charge is -2.13. The van der Waals surface area contributed by atoms with Gasteiger partial charge in [0.15, 0.2) is 0 Å². The summed E-state index contributed by atoms with van der Waals surface area (Å²) in [5.41, 5.74) is -1.09. The number of amides is 1. The van der Waals surface area contributed by atoms with E-state index in [1.807, 2.05) is 0 Å². The molecule has 0 bridgehead atoms. The van der Waals surface area contributed by atoms with E-state index in [1.54, 1.807) is 6.92 Å². The number of aryl methyl sites for hydroxylation is 1. The van der Waals surface area contributed by atoms with Crippen molar-refractivity contribution in [2.45, 2.75) is 13.1 Å². The molecule has 2 rings (SSSR count). The molecule has 0 radical (unpaired) electrons. The Morgan fingerprint density at radius 1 is 1.10 bits per heavy atom. The molecular formula is C15H11F4NO. The predicted molar refractivity (Wildman–Crippen MR) is 70.5 cm³/mol. The van der Waals surface area contributed by atoms with Gasteiger partial charge < -0.3 is 5.32 Å². The molecule has 0 aliphatic carbocycles. The van der Waals surface area contributed by atoms with E-state index in [-0.39, 0.29) is 5.56 Å². The van der Waals surface area contributed by atoms with Crippen LogP contribution >= 0.6 is 0 Å². The average Bonchev–Trinajstić information content (AvgIpc) is 2.37. The van der Waals surface area contributed by atoms with Crippen molar-refractivity contribution in [3.8, 4) is 0 Å². The van der Waals surface area contributed by atoms with E-state index in [2.05, 4.69) is 5.32 Å². The highest BCUT2D eigenvalue weighted by Crippen LogP contribution is 2.34. The number of para-hydroxylation sites is 1. The van der Waals surface area contributed by atoms with Gasteiger partial charge in [0.25, 0.3) is 5.91 Å². The van der Waals surface area contributed by atoms with Crippen LogP contribution in [0.4, 0.5) is 23.2 Å². The van der Waals surface area contributed by atoms with Crippen LogP contribution in [-0.2, 0) is 6.18 Å². The summed E-state index contributed by atoms with van der Waals surface area (Å²) in [4.78, 5) is 11.9. The molecule has 0 aliphatic rings.